The van der Waals surface area contributed by atoms with Crippen LogP contribution in [0.5, 0.6) is 0 Å². The third kappa shape index (κ3) is 4.90. The third-order valence-electron chi connectivity index (χ3n) is 3.82. The maximum atomic E-state index is 12.4. The van der Waals surface area contributed by atoms with Crippen molar-refractivity contribution in [1.29, 1.82) is 0 Å². The van der Waals surface area contributed by atoms with E-state index in [-0.39, 0.29) is 22.5 Å². The number of halogens is 3. The van der Waals surface area contributed by atoms with Crippen molar-refractivity contribution in [2.24, 2.45) is 5.92 Å². The lowest BCUT2D eigenvalue weighted by molar-refractivity contribution is -0.105. The topological polar surface area (TPSA) is 42.0 Å². The van der Waals surface area contributed by atoms with Crippen LogP contribution in [0.2, 0.25) is 0 Å². The second-order valence-electron chi connectivity index (χ2n) is 5.60. The quantitative estimate of drug-likeness (QED) is 0.846. The number of carbonyl (C=O) groups excluding carboxylic acids is 1. The van der Waals surface area contributed by atoms with Crippen LogP contribution >= 0.6 is 11.8 Å². The van der Waals surface area contributed by atoms with E-state index < -0.39 is 11.9 Å². The predicted molar refractivity (Wildman–Crippen MR) is 79.9 cm³/mol. The zero-order valence-corrected chi connectivity index (χ0v) is 13.1. The molecule has 22 heavy (non-hydrogen) atoms. The maximum Gasteiger partial charge on any atom is 0.398 e. The van der Waals surface area contributed by atoms with E-state index in [1.165, 1.54) is 12.3 Å². The molecular weight excluding hydrogens is 313 g/mol. The zero-order valence-electron chi connectivity index (χ0n) is 12.3. The second kappa shape index (κ2) is 7.35. The Balaban J connectivity index is 2.05. The standard InChI is InChI=1S/C15H19F3N2OS/c1-10-5-2-3-7-12(10)20-13(21)11-6-4-8-19-14(11)22-9-15(16,17)18/h4,6,8,10,12H,2-3,5,7,9H2,1H3,(H,20,21)/t10-,12+/m0/s1. The summed E-state index contributed by atoms with van der Waals surface area (Å²) in [5.74, 6) is -0.999. The van der Waals surface area contributed by atoms with Crippen molar-refractivity contribution >= 4 is 17.7 Å². The Morgan fingerprint density at radius 3 is 2.82 bits per heavy atom. The van der Waals surface area contributed by atoms with Crippen LogP contribution in [0.3, 0.4) is 0 Å². The molecule has 0 unspecified atom stereocenters. The maximum absolute atomic E-state index is 12.4. The molecule has 0 spiro atoms. The first-order valence-corrected chi connectivity index (χ1v) is 8.31. The Labute approximate surface area is 132 Å². The number of aromatic nitrogens is 1. The molecular formula is C15H19F3N2OS. The molecule has 0 saturated heterocycles. The molecule has 0 radical (unpaired) electrons. The molecule has 122 valence electrons. The summed E-state index contributed by atoms with van der Waals surface area (Å²) in [6.45, 7) is 2.09. The van der Waals surface area contributed by atoms with E-state index in [9.17, 15) is 18.0 Å². The van der Waals surface area contributed by atoms with Gasteiger partial charge in [0.15, 0.2) is 0 Å². The molecule has 2 atom stereocenters. The first-order valence-electron chi connectivity index (χ1n) is 7.32. The minimum Gasteiger partial charge on any atom is -0.349 e. The predicted octanol–water partition coefficient (Wildman–Crippen LogP) is 4.04. The first kappa shape index (κ1) is 17.1. The van der Waals surface area contributed by atoms with Crippen LogP contribution in [-0.2, 0) is 0 Å². The number of rotatable bonds is 4. The van der Waals surface area contributed by atoms with Crippen LogP contribution in [0.1, 0.15) is 43.0 Å². The van der Waals surface area contributed by atoms with Gasteiger partial charge in [-0.3, -0.25) is 4.79 Å². The fourth-order valence-corrected chi connectivity index (χ4v) is 3.36. The van der Waals surface area contributed by atoms with Crippen LogP contribution in [0, 0.1) is 5.92 Å². The van der Waals surface area contributed by atoms with E-state index in [1.54, 1.807) is 6.07 Å². The minimum atomic E-state index is -4.28. The van der Waals surface area contributed by atoms with Crippen molar-refractivity contribution in [3.05, 3.63) is 23.9 Å². The second-order valence-corrected chi connectivity index (χ2v) is 6.57. The molecule has 1 aromatic rings. The molecule has 1 N–H and O–H groups in total. The number of nitrogens with zero attached hydrogens (tertiary/aromatic N) is 1. The molecule has 2 rings (SSSR count). The summed E-state index contributed by atoms with van der Waals surface area (Å²) in [6, 6.07) is 3.17. The molecule has 1 aliphatic carbocycles. The largest absolute Gasteiger partial charge is 0.398 e. The van der Waals surface area contributed by atoms with Crippen LogP contribution in [-0.4, -0.2) is 28.9 Å². The summed E-state index contributed by atoms with van der Waals surface area (Å²) in [5.41, 5.74) is 0.217. The van der Waals surface area contributed by atoms with Gasteiger partial charge in [-0.25, -0.2) is 4.98 Å². The van der Waals surface area contributed by atoms with Gasteiger partial charge in [0.05, 0.1) is 11.3 Å². The Morgan fingerprint density at radius 1 is 1.41 bits per heavy atom. The van der Waals surface area contributed by atoms with Crippen LogP contribution in [0.4, 0.5) is 13.2 Å². The van der Waals surface area contributed by atoms with Gasteiger partial charge in [-0.05, 0) is 30.9 Å². The molecule has 1 fully saturated rings. The molecule has 1 aliphatic rings. The lowest BCUT2D eigenvalue weighted by Crippen LogP contribution is -2.41. The average molecular weight is 332 g/mol. The highest BCUT2D eigenvalue weighted by Gasteiger charge is 2.29. The van der Waals surface area contributed by atoms with E-state index in [0.717, 1.165) is 25.7 Å². The van der Waals surface area contributed by atoms with E-state index in [4.69, 9.17) is 0 Å². The Hall–Kier alpha value is -1.24. The van der Waals surface area contributed by atoms with Gasteiger partial charge in [0.25, 0.3) is 5.91 Å². The highest BCUT2D eigenvalue weighted by molar-refractivity contribution is 7.99. The number of hydrogen-bond donors (Lipinski definition) is 1. The van der Waals surface area contributed by atoms with Crippen molar-refractivity contribution < 1.29 is 18.0 Å². The normalized spacial score (nSPS) is 22.4. The minimum absolute atomic E-state index is 0.0851. The zero-order chi connectivity index (χ0) is 16.2. The summed E-state index contributed by atoms with van der Waals surface area (Å²) >= 11 is 0.548. The van der Waals surface area contributed by atoms with Gasteiger partial charge in [-0.15, -0.1) is 0 Å². The number of pyridine rings is 1. The third-order valence-corrected chi connectivity index (χ3v) is 4.89. The number of nitrogens with one attached hydrogen (secondary N) is 1. The summed E-state index contributed by atoms with van der Waals surface area (Å²) in [5, 5.41) is 3.07. The molecule has 0 bridgehead atoms. The summed E-state index contributed by atoms with van der Waals surface area (Å²) in [7, 11) is 0. The molecule has 0 aliphatic heterocycles. The fraction of sp³-hybridized carbons (Fsp3) is 0.600. The van der Waals surface area contributed by atoms with Crippen LogP contribution in [0.15, 0.2) is 23.4 Å². The lowest BCUT2D eigenvalue weighted by Gasteiger charge is -2.29. The van der Waals surface area contributed by atoms with Gasteiger partial charge in [-0.2, -0.15) is 13.2 Å². The molecule has 1 saturated carbocycles. The molecule has 7 heteroatoms. The summed E-state index contributed by atoms with van der Waals surface area (Å²) < 4.78 is 37.0. The van der Waals surface area contributed by atoms with Crippen molar-refractivity contribution in [3.8, 4) is 0 Å². The van der Waals surface area contributed by atoms with Crippen LogP contribution < -0.4 is 5.32 Å². The average Bonchev–Trinajstić information content (AvgIpc) is 2.47. The van der Waals surface area contributed by atoms with Crippen LogP contribution in [0.25, 0.3) is 0 Å². The van der Waals surface area contributed by atoms with Crippen molar-refractivity contribution in [2.75, 3.05) is 5.75 Å². The monoisotopic (exact) mass is 332 g/mol. The van der Waals surface area contributed by atoms with E-state index in [2.05, 4.69) is 17.2 Å². The molecule has 0 aromatic carbocycles. The smallest absolute Gasteiger partial charge is 0.349 e. The van der Waals surface area contributed by atoms with Gasteiger partial charge in [0.1, 0.15) is 5.03 Å². The van der Waals surface area contributed by atoms with Crippen molar-refractivity contribution in [3.63, 3.8) is 0 Å². The van der Waals surface area contributed by atoms with E-state index in [1.807, 2.05) is 0 Å². The Morgan fingerprint density at radius 2 is 2.14 bits per heavy atom. The van der Waals surface area contributed by atoms with Gasteiger partial charge >= 0.3 is 6.18 Å². The van der Waals surface area contributed by atoms with E-state index >= 15 is 0 Å². The first-order chi connectivity index (χ1) is 10.4. The number of hydrogen-bond acceptors (Lipinski definition) is 3. The number of carbonyl (C=O) groups is 1. The van der Waals surface area contributed by atoms with Crippen molar-refractivity contribution in [1.82, 2.24) is 10.3 Å². The molecule has 1 amide bonds. The highest BCUT2D eigenvalue weighted by atomic mass is 32.2. The number of thioether (sulfide) groups is 1. The Bertz CT molecular complexity index is 522. The highest BCUT2D eigenvalue weighted by Crippen LogP contribution is 2.29. The van der Waals surface area contributed by atoms with E-state index in [0.29, 0.717) is 17.7 Å². The Kier molecular flexibility index (Phi) is 5.72. The van der Waals surface area contributed by atoms with Crippen molar-refractivity contribution in [2.45, 2.75) is 49.9 Å². The summed E-state index contributed by atoms with van der Waals surface area (Å²) in [6.07, 6.45) is 1.32. The van der Waals surface area contributed by atoms with Gasteiger partial charge in [0, 0.05) is 12.2 Å². The molecule has 1 heterocycles. The number of alkyl halides is 3. The summed E-state index contributed by atoms with van der Waals surface area (Å²) in [4.78, 5) is 16.3. The molecule has 3 nitrogen and oxygen atoms in total. The lowest BCUT2D eigenvalue weighted by atomic mass is 9.86. The fourth-order valence-electron chi connectivity index (χ4n) is 2.61. The molecule has 1 aromatic heterocycles. The number of amides is 1. The van der Waals surface area contributed by atoms with Gasteiger partial charge < -0.3 is 5.32 Å². The van der Waals surface area contributed by atoms with Gasteiger partial charge in [-0.1, -0.05) is 31.5 Å². The van der Waals surface area contributed by atoms with Gasteiger partial charge in [0.2, 0.25) is 0 Å². The SMILES string of the molecule is C[C@H]1CCCC[C@H]1NC(=O)c1cccnc1SCC(F)(F)F.